The Morgan fingerprint density at radius 1 is 1.16 bits per heavy atom. The van der Waals surface area contributed by atoms with E-state index >= 15 is 0 Å². The van der Waals surface area contributed by atoms with Crippen LogP contribution in [0, 0.1) is 5.92 Å². The second kappa shape index (κ2) is 10.2. The van der Waals surface area contributed by atoms with Crippen LogP contribution in [-0.2, 0) is 24.3 Å². The second-order valence-corrected chi connectivity index (χ2v) is 9.32. The Labute approximate surface area is 190 Å². The average molecular weight is 484 g/mol. The first-order valence-corrected chi connectivity index (χ1v) is 11.5. The molecule has 1 aromatic carbocycles. The molecule has 1 aromatic heterocycles. The largest absolute Gasteiger partial charge is 0.486 e. The van der Waals surface area contributed by atoms with Gasteiger partial charge in [-0.1, -0.05) is 25.4 Å². The topological polar surface area (TPSA) is 133 Å². The lowest BCUT2D eigenvalue weighted by molar-refractivity contribution is -0.150. The van der Waals surface area contributed by atoms with Crippen molar-refractivity contribution in [3.05, 3.63) is 41.6 Å². The Hall–Kier alpha value is -2.89. The molecule has 0 bridgehead atoms. The van der Waals surface area contributed by atoms with Crippen LogP contribution in [-0.4, -0.2) is 51.1 Å². The van der Waals surface area contributed by atoms with Crippen molar-refractivity contribution in [3.63, 3.8) is 0 Å². The highest BCUT2D eigenvalue weighted by molar-refractivity contribution is 7.89. The van der Waals surface area contributed by atoms with Gasteiger partial charge in [-0.2, -0.15) is 4.72 Å². The summed E-state index contributed by atoms with van der Waals surface area (Å²) < 4.78 is 43.8. The smallest absolute Gasteiger partial charge is 0.324 e. The number of rotatable bonds is 8. The predicted octanol–water partition coefficient (Wildman–Crippen LogP) is 1.99. The number of benzene rings is 1. The summed E-state index contributed by atoms with van der Waals surface area (Å²) in [6.07, 6.45) is 1.35. The summed E-state index contributed by atoms with van der Waals surface area (Å²) >= 11 is 5.73. The van der Waals surface area contributed by atoms with Gasteiger partial charge in [-0.15, -0.1) is 0 Å². The number of amides is 1. The van der Waals surface area contributed by atoms with Gasteiger partial charge in [0.1, 0.15) is 25.1 Å². The predicted molar refractivity (Wildman–Crippen MR) is 115 cm³/mol. The first-order valence-electron chi connectivity index (χ1n) is 9.66. The van der Waals surface area contributed by atoms with Gasteiger partial charge < -0.3 is 19.5 Å². The van der Waals surface area contributed by atoms with Gasteiger partial charge in [0.2, 0.25) is 10.0 Å². The van der Waals surface area contributed by atoms with Crippen molar-refractivity contribution < 1.29 is 32.2 Å². The molecule has 0 unspecified atom stereocenters. The maximum atomic E-state index is 12.8. The Morgan fingerprint density at radius 3 is 2.53 bits per heavy atom. The van der Waals surface area contributed by atoms with Crippen molar-refractivity contribution in [2.45, 2.75) is 24.8 Å². The molecule has 1 aliphatic rings. The van der Waals surface area contributed by atoms with Gasteiger partial charge in [0, 0.05) is 12.3 Å². The number of aromatic nitrogens is 1. The Morgan fingerprint density at radius 2 is 1.88 bits per heavy atom. The molecule has 0 saturated heterocycles. The van der Waals surface area contributed by atoms with Crippen LogP contribution in [0.2, 0.25) is 5.02 Å². The van der Waals surface area contributed by atoms with Crippen LogP contribution in [0.25, 0.3) is 0 Å². The fourth-order valence-electron chi connectivity index (χ4n) is 2.74. The summed E-state index contributed by atoms with van der Waals surface area (Å²) in [5, 5.41) is 2.85. The second-order valence-electron chi connectivity index (χ2n) is 7.17. The van der Waals surface area contributed by atoms with Gasteiger partial charge in [-0.05, 0) is 30.2 Å². The van der Waals surface area contributed by atoms with E-state index < -0.39 is 40.5 Å². The van der Waals surface area contributed by atoms with Crippen LogP contribution >= 0.6 is 11.6 Å². The summed E-state index contributed by atoms with van der Waals surface area (Å²) in [7, 11) is -4.08. The van der Waals surface area contributed by atoms with Crippen LogP contribution in [0.1, 0.15) is 13.8 Å². The normalized spacial score (nSPS) is 14.0. The van der Waals surface area contributed by atoms with Gasteiger partial charge in [0.15, 0.2) is 18.1 Å². The third-order valence-corrected chi connectivity index (χ3v) is 6.03. The fraction of sp³-hybridized carbons (Fsp3) is 0.350. The van der Waals surface area contributed by atoms with Crippen LogP contribution in [0.4, 0.5) is 5.82 Å². The molecule has 0 aliphatic carbocycles. The van der Waals surface area contributed by atoms with E-state index in [0.717, 1.165) is 0 Å². The van der Waals surface area contributed by atoms with Crippen molar-refractivity contribution in [1.82, 2.24) is 9.71 Å². The molecule has 0 radical (unpaired) electrons. The third-order valence-electron chi connectivity index (χ3n) is 4.37. The van der Waals surface area contributed by atoms with Crippen LogP contribution < -0.4 is 19.5 Å². The number of halogens is 1. The van der Waals surface area contributed by atoms with Gasteiger partial charge in [-0.3, -0.25) is 9.59 Å². The molecule has 0 fully saturated rings. The number of sulfonamides is 1. The van der Waals surface area contributed by atoms with Crippen molar-refractivity contribution in [2.75, 3.05) is 25.1 Å². The number of hydrogen-bond acceptors (Lipinski definition) is 8. The van der Waals surface area contributed by atoms with Crippen LogP contribution in [0.3, 0.4) is 0 Å². The van der Waals surface area contributed by atoms with E-state index in [4.69, 9.17) is 25.8 Å². The number of anilines is 1. The molecule has 32 heavy (non-hydrogen) atoms. The van der Waals surface area contributed by atoms with Gasteiger partial charge in [-0.25, -0.2) is 13.4 Å². The average Bonchev–Trinajstić information content (AvgIpc) is 2.77. The van der Waals surface area contributed by atoms with E-state index in [0.29, 0.717) is 29.7 Å². The minimum Gasteiger partial charge on any atom is -0.486 e. The molecular formula is C20H22ClN3O7S. The molecule has 0 saturated carbocycles. The molecule has 12 heteroatoms. The minimum absolute atomic E-state index is 0.0910. The fourth-order valence-corrected chi connectivity index (χ4v) is 4.20. The molecule has 172 valence electrons. The van der Waals surface area contributed by atoms with E-state index in [1.165, 1.54) is 36.5 Å². The number of esters is 1. The maximum Gasteiger partial charge on any atom is 0.324 e. The number of hydrogen-bond donors (Lipinski definition) is 2. The van der Waals surface area contributed by atoms with E-state index in [9.17, 15) is 18.0 Å². The lowest BCUT2D eigenvalue weighted by Crippen LogP contribution is -2.45. The number of fused-ring (bicyclic) bond motifs is 1. The van der Waals surface area contributed by atoms with Gasteiger partial charge in [0.25, 0.3) is 5.91 Å². The molecule has 2 N–H and O–H groups in total. The van der Waals surface area contributed by atoms with Gasteiger partial charge >= 0.3 is 5.97 Å². The number of carbonyl (C=O) groups is 2. The summed E-state index contributed by atoms with van der Waals surface area (Å²) in [5.41, 5.74) is 0. The van der Waals surface area contributed by atoms with E-state index in [1.54, 1.807) is 13.8 Å². The molecule has 10 nitrogen and oxygen atoms in total. The van der Waals surface area contributed by atoms with E-state index in [1.807, 2.05) is 0 Å². The Bertz CT molecular complexity index is 1090. The number of pyridine rings is 1. The van der Waals surface area contributed by atoms with Crippen molar-refractivity contribution in [2.24, 2.45) is 5.92 Å². The SMILES string of the molecule is CC(C)[C@@H](NS(=O)(=O)c1ccc2c(c1)OCCO2)C(=O)OCC(=O)Nc1ccc(Cl)cn1. The summed E-state index contributed by atoms with van der Waals surface area (Å²) in [6.45, 7) is 3.36. The third kappa shape index (κ3) is 6.09. The Balaban J connectivity index is 1.63. The molecule has 1 aliphatic heterocycles. The highest BCUT2D eigenvalue weighted by atomic mass is 35.5. The van der Waals surface area contributed by atoms with Crippen molar-refractivity contribution in [1.29, 1.82) is 0 Å². The zero-order chi connectivity index (χ0) is 23.3. The zero-order valence-electron chi connectivity index (χ0n) is 17.3. The first kappa shape index (κ1) is 23.8. The monoisotopic (exact) mass is 483 g/mol. The van der Waals surface area contributed by atoms with E-state index in [-0.39, 0.29) is 10.7 Å². The van der Waals surface area contributed by atoms with Crippen LogP contribution in [0.5, 0.6) is 11.5 Å². The standard InChI is InChI=1S/C20H22ClN3O7S/c1-12(2)19(20(26)31-11-18(25)23-17-6-3-13(21)10-22-17)24-32(27,28)14-4-5-15-16(9-14)30-8-7-29-15/h3-6,9-10,12,19,24H,7-8,11H2,1-2H3,(H,22,23,25)/t19-/m1/s1. The quantitative estimate of drug-likeness (QED) is 0.544. The molecule has 3 rings (SSSR count). The molecule has 1 amide bonds. The molecule has 0 spiro atoms. The lowest BCUT2D eigenvalue weighted by Gasteiger charge is -2.22. The number of carbonyl (C=O) groups excluding carboxylic acids is 2. The zero-order valence-corrected chi connectivity index (χ0v) is 18.9. The highest BCUT2D eigenvalue weighted by Crippen LogP contribution is 2.32. The van der Waals surface area contributed by atoms with Crippen molar-refractivity contribution >= 4 is 39.3 Å². The van der Waals surface area contributed by atoms with Crippen LogP contribution in [0.15, 0.2) is 41.4 Å². The molecule has 2 heterocycles. The van der Waals surface area contributed by atoms with Gasteiger partial charge in [0.05, 0.1) is 9.92 Å². The lowest BCUT2D eigenvalue weighted by atomic mass is 10.1. The number of nitrogens with one attached hydrogen (secondary N) is 2. The maximum absolute atomic E-state index is 12.8. The number of nitrogens with zero attached hydrogens (tertiary/aromatic N) is 1. The molecule has 1 atom stereocenters. The summed E-state index contributed by atoms with van der Waals surface area (Å²) in [4.78, 5) is 28.3. The molecule has 2 aromatic rings. The minimum atomic E-state index is -4.08. The number of ether oxygens (including phenoxy) is 3. The summed E-state index contributed by atoms with van der Waals surface area (Å²) in [6, 6.07) is 5.98. The highest BCUT2D eigenvalue weighted by Gasteiger charge is 2.31. The Kier molecular flexibility index (Phi) is 7.54. The molecular weight excluding hydrogens is 462 g/mol. The van der Waals surface area contributed by atoms with Crippen molar-refractivity contribution in [3.8, 4) is 11.5 Å². The first-order chi connectivity index (χ1) is 15.2. The summed E-state index contributed by atoms with van der Waals surface area (Å²) in [5.74, 6) is -0.997. The van der Waals surface area contributed by atoms with E-state index in [2.05, 4.69) is 15.0 Å².